The molecule has 0 atom stereocenters. The minimum atomic E-state index is -0.515. The summed E-state index contributed by atoms with van der Waals surface area (Å²) in [5.41, 5.74) is 2.13. The van der Waals surface area contributed by atoms with Crippen molar-refractivity contribution in [1.82, 2.24) is 0 Å². The lowest BCUT2D eigenvalue weighted by Gasteiger charge is -2.12. The zero-order valence-corrected chi connectivity index (χ0v) is 12.9. The molecule has 0 aliphatic carbocycles. The quantitative estimate of drug-likeness (QED) is 0.838. The number of rotatable bonds is 3. The second-order valence-electron chi connectivity index (χ2n) is 4.58. The van der Waals surface area contributed by atoms with Crippen LogP contribution in [0, 0.1) is 6.92 Å². The zero-order chi connectivity index (χ0) is 16.1. The van der Waals surface area contributed by atoms with E-state index in [0.29, 0.717) is 16.4 Å². The second kappa shape index (κ2) is 6.95. The van der Waals surface area contributed by atoms with Gasteiger partial charge in [-0.25, -0.2) is 9.59 Å². The van der Waals surface area contributed by atoms with Gasteiger partial charge in [0.15, 0.2) is 0 Å². The molecule has 0 saturated heterocycles. The number of aryl methyl sites for hydroxylation is 1. The summed E-state index contributed by atoms with van der Waals surface area (Å²) >= 11 is 5.88. The molecular weight excluding hydrogens is 304 g/mol. The van der Waals surface area contributed by atoms with Gasteiger partial charge in [0.1, 0.15) is 0 Å². The summed E-state index contributed by atoms with van der Waals surface area (Å²) in [4.78, 5) is 23.7. The van der Waals surface area contributed by atoms with Crippen molar-refractivity contribution in [2.24, 2.45) is 0 Å². The van der Waals surface area contributed by atoms with Crippen LogP contribution in [-0.4, -0.2) is 19.1 Å². The number of esters is 1. The molecule has 0 heterocycles. The zero-order valence-electron chi connectivity index (χ0n) is 12.1. The Morgan fingerprint density at radius 1 is 1.05 bits per heavy atom. The van der Waals surface area contributed by atoms with Gasteiger partial charge in [-0.1, -0.05) is 23.7 Å². The highest BCUT2D eigenvalue weighted by atomic mass is 35.5. The number of methoxy groups -OCH3 is 1. The largest absolute Gasteiger partial charge is 0.465 e. The first kappa shape index (κ1) is 15.9. The smallest absolute Gasteiger partial charge is 0.339 e. The fraction of sp³-hybridized carbons (Fsp3) is 0.125. The van der Waals surface area contributed by atoms with Crippen molar-refractivity contribution in [2.75, 3.05) is 17.7 Å². The molecule has 0 bridgehead atoms. The maximum Gasteiger partial charge on any atom is 0.339 e. The van der Waals surface area contributed by atoms with Crippen molar-refractivity contribution < 1.29 is 14.3 Å². The fourth-order valence-corrected chi connectivity index (χ4v) is 2.15. The Bertz CT molecular complexity index is 716. The van der Waals surface area contributed by atoms with Crippen LogP contribution >= 0.6 is 11.6 Å². The predicted molar refractivity (Wildman–Crippen MR) is 86.6 cm³/mol. The van der Waals surface area contributed by atoms with E-state index in [0.717, 1.165) is 5.56 Å². The molecule has 0 radical (unpaired) electrons. The molecule has 0 unspecified atom stereocenters. The molecule has 0 fully saturated rings. The van der Waals surface area contributed by atoms with Crippen LogP contribution in [0.3, 0.4) is 0 Å². The van der Waals surface area contributed by atoms with E-state index in [1.54, 1.807) is 42.5 Å². The number of urea groups is 1. The van der Waals surface area contributed by atoms with Gasteiger partial charge in [-0.3, -0.25) is 0 Å². The van der Waals surface area contributed by atoms with E-state index in [1.165, 1.54) is 7.11 Å². The minimum absolute atomic E-state index is 0.285. The molecule has 5 nitrogen and oxygen atoms in total. The number of amides is 2. The Kier molecular flexibility index (Phi) is 5.01. The third kappa shape index (κ3) is 3.77. The van der Waals surface area contributed by atoms with Gasteiger partial charge in [0, 0.05) is 10.7 Å². The molecule has 22 heavy (non-hydrogen) atoms. The van der Waals surface area contributed by atoms with E-state index in [2.05, 4.69) is 15.4 Å². The molecule has 0 aromatic heterocycles. The first-order valence-corrected chi connectivity index (χ1v) is 6.90. The van der Waals surface area contributed by atoms with Gasteiger partial charge >= 0.3 is 12.0 Å². The van der Waals surface area contributed by atoms with E-state index in [-0.39, 0.29) is 5.56 Å². The van der Waals surface area contributed by atoms with Crippen molar-refractivity contribution in [3.05, 3.63) is 58.6 Å². The normalized spacial score (nSPS) is 9.95. The lowest BCUT2D eigenvalue weighted by molar-refractivity contribution is 0.0602. The molecule has 2 amide bonds. The number of anilines is 2. The lowest BCUT2D eigenvalue weighted by atomic mass is 10.2. The van der Waals surface area contributed by atoms with Crippen LogP contribution in [0.2, 0.25) is 5.02 Å². The number of nitrogens with one attached hydrogen (secondary N) is 2. The summed E-state index contributed by atoms with van der Waals surface area (Å²) in [6.45, 7) is 1.84. The monoisotopic (exact) mass is 318 g/mol. The maximum absolute atomic E-state index is 12.1. The van der Waals surface area contributed by atoms with Crippen molar-refractivity contribution >= 4 is 35.0 Å². The standard InChI is InChI=1S/C16H15ClN2O3/c1-10-9-11(17)7-8-13(10)18-16(21)19-14-6-4-3-5-12(14)15(20)22-2/h3-9H,1-2H3,(H2,18,19,21). The molecule has 0 aliphatic rings. The van der Waals surface area contributed by atoms with E-state index >= 15 is 0 Å². The average Bonchev–Trinajstić information content (AvgIpc) is 2.50. The Morgan fingerprint density at radius 2 is 1.73 bits per heavy atom. The summed E-state index contributed by atoms with van der Waals surface area (Å²) in [6, 6.07) is 11.3. The Balaban J connectivity index is 2.14. The molecule has 2 aromatic rings. The van der Waals surface area contributed by atoms with Crippen LogP contribution in [0.15, 0.2) is 42.5 Å². The van der Waals surface area contributed by atoms with Gasteiger partial charge in [0.2, 0.25) is 0 Å². The van der Waals surface area contributed by atoms with Crippen LogP contribution in [0.5, 0.6) is 0 Å². The van der Waals surface area contributed by atoms with Gasteiger partial charge in [0.25, 0.3) is 0 Å². The van der Waals surface area contributed by atoms with Crippen molar-refractivity contribution in [3.63, 3.8) is 0 Å². The summed E-state index contributed by atoms with van der Waals surface area (Å²) in [7, 11) is 1.29. The SMILES string of the molecule is COC(=O)c1ccccc1NC(=O)Nc1ccc(Cl)cc1C. The molecule has 2 rings (SSSR count). The van der Waals surface area contributed by atoms with E-state index in [9.17, 15) is 9.59 Å². The van der Waals surface area contributed by atoms with Crippen LogP contribution < -0.4 is 10.6 Å². The number of benzene rings is 2. The molecule has 6 heteroatoms. The molecular formula is C16H15ClN2O3. The highest BCUT2D eigenvalue weighted by molar-refractivity contribution is 6.30. The molecule has 0 saturated carbocycles. The number of para-hydroxylation sites is 1. The average molecular weight is 319 g/mol. The summed E-state index contributed by atoms with van der Waals surface area (Å²) in [6.07, 6.45) is 0. The molecule has 0 spiro atoms. The van der Waals surface area contributed by atoms with Gasteiger partial charge in [-0.05, 0) is 42.8 Å². The van der Waals surface area contributed by atoms with Crippen LogP contribution in [-0.2, 0) is 4.74 Å². The van der Waals surface area contributed by atoms with Crippen LogP contribution in [0.1, 0.15) is 15.9 Å². The van der Waals surface area contributed by atoms with Crippen LogP contribution in [0.25, 0.3) is 0 Å². The van der Waals surface area contributed by atoms with E-state index < -0.39 is 12.0 Å². The van der Waals surface area contributed by atoms with Gasteiger partial charge in [0.05, 0.1) is 18.4 Å². The molecule has 2 aromatic carbocycles. The first-order valence-electron chi connectivity index (χ1n) is 6.52. The van der Waals surface area contributed by atoms with Crippen molar-refractivity contribution in [2.45, 2.75) is 6.92 Å². The number of carbonyl (C=O) groups excluding carboxylic acids is 2. The topological polar surface area (TPSA) is 67.4 Å². The second-order valence-corrected chi connectivity index (χ2v) is 5.01. The number of carbonyl (C=O) groups is 2. The van der Waals surface area contributed by atoms with E-state index in [4.69, 9.17) is 11.6 Å². The number of hydrogen-bond donors (Lipinski definition) is 2. The Labute approximate surface area is 133 Å². The minimum Gasteiger partial charge on any atom is -0.465 e. The van der Waals surface area contributed by atoms with Gasteiger partial charge in [-0.15, -0.1) is 0 Å². The molecule has 0 aliphatic heterocycles. The summed E-state index contributed by atoms with van der Waals surface area (Å²) < 4.78 is 4.68. The highest BCUT2D eigenvalue weighted by Gasteiger charge is 2.13. The molecule has 2 N–H and O–H groups in total. The van der Waals surface area contributed by atoms with E-state index in [1.807, 2.05) is 6.92 Å². The van der Waals surface area contributed by atoms with Crippen LogP contribution in [0.4, 0.5) is 16.2 Å². The molecule has 114 valence electrons. The summed E-state index contributed by atoms with van der Waals surface area (Å²) in [5, 5.41) is 5.94. The van der Waals surface area contributed by atoms with Gasteiger partial charge < -0.3 is 15.4 Å². The first-order chi connectivity index (χ1) is 10.5. The number of hydrogen-bond acceptors (Lipinski definition) is 3. The Morgan fingerprint density at radius 3 is 2.41 bits per heavy atom. The van der Waals surface area contributed by atoms with Crippen molar-refractivity contribution in [3.8, 4) is 0 Å². The third-order valence-corrected chi connectivity index (χ3v) is 3.25. The predicted octanol–water partition coefficient (Wildman–Crippen LogP) is 4.08. The lowest BCUT2D eigenvalue weighted by Crippen LogP contribution is -2.21. The maximum atomic E-state index is 12.1. The number of halogens is 1. The van der Waals surface area contributed by atoms with Gasteiger partial charge in [-0.2, -0.15) is 0 Å². The highest BCUT2D eigenvalue weighted by Crippen LogP contribution is 2.21. The number of ether oxygens (including phenoxy) is 1. The Hall–Kier alpha value is -2.53. The third-order valence-electron chi connectivity index (χ3n) is 3.02. The summed E-state index contributed by atoms with van der Waals surface area (Å²) in [5.74, 6) is -0.515. The van der Waals surface area contributed by atoms with Crippen molar-refractivity contribution in [1.29, 1.82) is 0 Å². The fourth-order valence-electron chi connectivity index (χ4n) is 1.92.